The number of esters is 1. The molecule has 0 aromatic heterocycles. The normalized spacial score (nSPS) is 29.4. The summed E-state index contributed by atoms with van der Waals surface area (Å²) in [4.78, 5) is 15.1. The second-order valence-corrected chi connectivity index (χ2v) is 5.62. The monoisotopic (exact) mass is 353 g/mol. The van der Waals surface area contributed by atoms with Crippen LogP contribution >= 0.6 is 12.2 Å². The lowest BCUT2D eigenvalue weighted by Crippen LogP contribution is -2.59. The average molecular weight is 353 g/mol. The van der Waals surface area contributed by atoms with Crippen LogP contribution in [0.1, 0.15) is 19.4 Å². The van der Waals surface area contributed by atoms with Crippen LogP contribution in [0.15, 0.2) is 29.3 Å². The number of benzene rings is 1. The molecule has 0 spiro atoms. The lowest BCUT2D eigenvalue weighted by molar-refractivity contribution is -0.273. The van der Waals surface area contributed by atoms with Gasteiger partial charge < -0.3 is 24.4 Å². The molecule has 2 N–H and O–H groups in total. The number of aliphatic imine (C=N–C) groups is 1. The van der Waals surface area contributed by atoms with Crippen LogP contribution < -0.4 is 4.74 Å². The molecule has 1 fully saturated rings. The van der Waals surface area contributed by atoms with Gasteiger partial charge in [-0.05, 0) is 36.8 Å². The van der Waals surface area contributed by atoms with Crippen LogP contribution in [0.4, 0.5) is 0 Å². The van der Waals surface area contributed by atoms with Crippen molar-refractivity contribution in [1.82, 2.24) is 0 Å². The van der Waals surface area contributed by atoms with Gasteiger partial charge in [-0.15, -0.1) is 0 Å². The molecule has 130 valence electrons. The molecular formula is C16H19NO6S. The van der Waals surface area contributed by atoms with Crippen molar-refractivity contribution in [1.29, 1.82) is 0 Å². The van der Waals surface area contributed by atoms with Crippen molar-refractivity contribution >= 4 is 23.3 Å². The predicted molar refractivity (Wildman–Crippen MR) is 87.7 cm³/mol. The fraction of sp³-hybridized carbons (Fsp3) is 0.500. The van der Waals surface area contributed by atoms with Gasteiger partial charge >= 0.3 is 5.97 Å². The quantitative estimate of drug-likeness (QED) is 0.464. The number of rotatable bonds is 5. The first kappa shape index (κ1) is 18.5. The highest BCUT2D eigenvalue weighted by molar-refractivity contribution is 7.78. The summed E-state index contributed by atoms with van der Waals surface area (Å²) < 4.78 is 16.3. The molecule has 7 nitrogen and oxygen atoms in total. The van der Waals surface area contributed by atoms with E-state index in [2.05, 4.69) is 22.4 Å². The van der Waals surface area contributed by atoms with Crippen molar-refractivity contribution in [2.45, 2.75) is 51.1 Å². The molecule has 0 bridgehead atoms. The number of carbonyl (C=O) groups excluding carboxylic acids is 1. The summed E-state index contributed by atoms with van der Waals surface area (Å²) in [6.07, 6.45) is -5.32. The number of ether oxygens (including phenoxy) is 3. The van der Waals surface area contributed by atoms with Crippen LogP contribution in [0.25, 0.3) is 0 Å². The van der Waals surface area contributed by atoms with E-state index in [1.54, 1.807) is 31.2 Å². The van der Waals surface area contributed by atoms with Crippen LogP contribution in [0.2, 0.25) is 0 Å². The highest BCUT2D eigenvalue weighted by Crippen LogP contribution is 2.26. The summed E-state index contributed by atoms with van der Waals surface area (Å²) in [6, 6.07) is 6.99. The zero-order chi connectivity index (χ0) is 17.7. The third-order valence-electron chi connectivity index (χ3n) is 3.59. The van der Waals surface area contributed by atoms with Gasteiger partial charge in [0.2, 0.25) is 6.29 Å². The van der Waals surface area contributed by atoms with E-state index in [0.717, 1.165) is 5.56 Å². The minimum absolute atomic E-state index is 0.418. The first-order valence-electron chi connectivity index (χ1n) is 7.40. The van der Waals surface area contributed by atoms with Crippen LogP contribution in [0.3, 0.4) is 0 Å². The van der Waals surface area contributed by atoms with Crippen LogP contribution in [0, 0.1) is 0 Å². The van der Waals surface area contributed by atoms with Gasteiger partial charge in [-0.2, -0.15) is 0 Å². The summed E-state index contributed by atoms with van der Waals surface area (Å²) in [5.74, 6) is -0.144. The van der Waals surface area contributed by atoms with Gasteiger partial charge in [-0.1, -0.05) is 12.1 Å². The molecule has 24 heavy (non-hydrogen) atoms. The SMILES string of the molecule is CC(=O)OC1C(Oc2ccc(CN=C=S)cc2)OC(C)C(O)C1O. The van der Waals surface area contributed by atoms with E-state index in [4.69, 9.17) is 14.2 Å². The third kappa shape index (κ3) is 4.59. The standard InChI is InChI=1S/C16H19NO6S/c1-9-13(19)14(20)15(22-10(2)18)16(21-9)23-12-5-3-11(4-6-12)7-17-8-24/h3-6,9,13-16,19-20H,7H2,1-2H3. The summed E-state index contributed by atoms with van der Waals surface area (Å²) in [7, 11) is 0. The van der Waals surface area contributed by atoms with Crippen molar-refractivity contribution in [2.24, 2.45) is 4.99 Å². The highest BCUT2D eigenvalue weighted by Gasteiger charge is 2.46. The van der Waals surface area contributed by atoms with Crippen molar-refractivity contribution in [3.63, 3.8) is 0 Å². The summed E-state index contributed by atoms with van der Waals surface area (Å²) in [5, 5.41) is 22.3. The zero-order valence-electron chi connectivity index (χ0n) is 13.3. The lowest BCUT2D eigenvalue weighted by Gasteiger charge is -2.40. The minimum Gasteiger partial charge on any atom is -0.461 e. The molecule has 0 aliphatic carbocycles. The second kappa shape index (κ2) is 8.32. The van der Waals surface area contributed by atoms with Gasteiger partial charge in [-0.3, -0.25) is 4.79 Å². The number of carbonyl (C=O) groups is 1. The Labute approximate surface area is 144 Å². The molecule has 1 heterocycles. The Morgan fingerprint density at radius 3 is 2.58 bits per heavy atom. The topological polar surface area (TPSA) is 97.6 Å². The van der Waals surface area contributed by atoms with Gasteiger partial charge in [0, 0.05) is 6.92 Å². The first-order chi connectivity index (χ1) is 11.4. The summed E-state index contributed by atoms with van der Waals surface area (Å²) in [6.45, 7) is 3.22. The fourth-order valence-corrected chi connectivity index (χ4v) is 2.41. The average Bonchev–Trinajstić information content (AvgIpc) is 2.55. The Balaban J connectivity index is 2.12. The molecule has 1 aromatic carbocycles. The second-order valence-electron chi connectivity index (χ2n) is 5.43. The molecule has 8 heteroatoms. The largest absolute Gasteiger partial charge is 0.461 e. The number of aliphatic hydroxyl groups excluding tert-OH is 2. The molecule has 0 radical (unpaired) electrons. The number of isothiocyanates is 1. The predicted octanol–water partition coefficient (Wildman–Crippen LogP) is 1.07. The molecule has 1 aliphatic heterocycles. The van der Waals surface area contributed by atoms with Crippen molar-refractivity contribution in [3.8, 4) is 5.75 Å². The van der Waals surface area contributed by atoms with Crippen molar-refractivity contribution < 1.29 is 29.2 Å². The van der Waals surface area contributed by atoms with Gasteiger partial charge in [0.25, 0.3) is 0 Å². The number of nitrogens with zero attached hydrogens (tertiary/aromatic N) is 1. The number of aliphatic hydroxyl groups is 2. The molecule has 2 rings (SSSR count). The van der Waals surface area contributed by atoms with E-state index in [1.165, 1.54) is 6.92 Å². The molecule has 5 unspecified atom stereocenters. The Hall–Kier alpha value is -1.83. The molecular weight excluding hydrogens is 334 g/mol. The Morgan fingerprint density at radius 2 is 2.00 bits per heavy atom. The fourth-order valence-electron chi connectivity index (χ4n) is 2.35. The maximum absolute atomic E-state index is 11.2. The van der Waals surface area contributed by atoms with Crippen LogP contribution in [-0.4, -0.2) is 52.0 Å². The van der Waals surface area contributed by atoms with E-state index in [9.17, 15) is 15.0 Å². The van der Waals surface area contributed by atoms with Gasteiger partial charge in [0.05, 0.1) is 17.8 Å². The summed E-state index contributed by atoms with van der Waals surface area (Å²) >= 11 is 4.52. The summed E-state index contributed by atoms with van der Waals surface area (Å²) in [5.41, 5.74) is 0.921. The molecule has 1 aliphatic rings. The molecule has 5 atom stereocenters. The van der Waals surface area contributed by atoms with Crippen molar-refractivity contribution in [3.05, 3.63) is 29.8 Å². The molecule has 1 aromatic rings. The maximum Gasteiger partial charge on any atom is 0.303 e. The van der Waals surface area contributed by atoms with E-state index in [-0.39, 0.29) is 0 Å². The first-order valence-corrected chi connectivity index (χ1v) is 7.81. The Morgan fingerprint density at radius 1 is 1.33 bits per heavy atom. The molecule has 0 saturated carbocycles. The Kier molecular flexibility index (Phi) is 6.42. The lowest BCUT2D eigenvalue weighted by atomic mass is 10.00. The van der Waals surface area contributed by atoms with E-state index in [1.807, 2.05) is 0 Å². The number of hydrogen-bond acceptors (Lipinski definition) is 8. The highest BCUT2D eigenvalue weighted by atomic mass is 32.1. The minimum atomic E-state index is -1.31. The van der Waals surface area contributed by atoms with E-state index in [0.29, 0.717) is 12.3 Å². The third-order valence-corrected chi connectivity index (χ3v) is 3.72. The zero-order valence-corrected chi connectivity index (χ0v) is 14.1. The van der Waals surface area contributed by atoms with E-state index < -0.39 is 36.7 Å². The number of thiocarbonyl (C=S) groups is 1. The smallest absolute Gasteiger partial charge is 0.303 e. The van der Waals surface area contributed by atoms with Gasteiger partial charge in [0.1, 0.15) is 18.0 Å². The Bertz CT molecular complexity index is 615. The van der Waals surface area contributed by atoms with Gasteiger partial charge in [0.15, 0.2) is 6.10 Å². The van der Waals surface area contributed by atoms with Crippen LogP contribution in [-0.2, 0) is 20.8 Å². The molecule has 1 saturated heterocycles. The van der Waals surface area contributed by atoms with E-state index >= 15 is 0 Å². The van der Waals surface area contributed by atoms with Gasteiger partial charge in [-0.25, -0.2) is 4.99 Å². The number of hydrogen-bond donors (Lipinski definition) is 2. The molecule has 0 amide bonds. The van der Waals surface area contributed by atoms with Crippen LogP contribution in [0.5, 0.6) is 5.75 Å². The maximum atomic E-state index is 11.2. The van der Waals surface area contributed by atoms with Crippen molar-refractivity contribution in [2.75, 3.05) is 0 Å².